The van der Waals surface area contributed by atoms with Gasteiger partial charge >= 0.3 is 0 Å². The highest BCUT2D eigenvalue weighted by Gasteiger charge is 2.31. The third kappa shape index (κ3) is 5.94. The largest absolute Gasteiger partial charge is 0.366 e. The van der Waals surface area contributed by atoms with Gasteiger partial charge in [0.05, 0.1) is 6.61 Å². The van der Waals surface area contributed by atoms with E-state index in [0.29, 0.717) is 32.2 Å². The fourth-order valence-corrected chi connectivity index (χ4v) is 2.86. The van der Waals surface area contributed by atoms with Crippen LogP contribution in [-0.4, -0.2) is 62.1 Å². The van der Waals surface area contributed by atoms with Crippen LogP contribution in [0, 0.1) is 11.3 Å². The van der Waals surface area contributed by atoms with Gasteiger partial charge in [-0.1, -0.05) is 20.8 Å². The highest BCUT2D eigenvalue weighted by Crippen LogP contribution is 2.19. The molecule has 0 aliphatic carbocycles. The van der Waals surface area contributed by atoms with Gasteiger partial charge < -0.3 is 20.3 Å². The molecule has 0 spiro atoms. The molecule has 2 aliphatic rings. The number of piperidine rings is 1. The number of nitrogens with zero attached hydrogens (tertiary/aromatic N) is 1. The van der Waals surface area contributed by atoms with E-state index in [0.717, 1.165) is 25.9 Å². The van der Waals surface area contributed by atoms with Crippen molar-refractivity contribution in [2.24, 2.45) is 11.3 Å². The summed E-state index contributed by atoms with van der Waals surface area (Å²) in [6.45, 7) is 9.88. The Hall–Kier alpha value is -0.850. The molecule has 2 fully saturated rings. The average molecular weight is 348 g/mol. The average Bonchev–Trinajstić information content (AvgIpc) is 2.52. The zero-order chi connectivity index (χ0) is 16.2. The maximum atomic E-state index is 12.5. The van der Waals surface area contributed by atoms with Crippen molar-refractivity contribution in [2.75, 3.05) is 39.3 Å². The number of nitrogens with one attached hydrogen (secondary N) is 2. The summed E-state index contributed by atoms with van der Waals surface area (Å²) in [5, 5.41) is 6.20. The molecule has 0 aromatic heterocycles. The summed E-state index contributed by atoms with van der Waals surface area (Å²) >= 11 is 0. The lowest BCUT2D eigenvalue weighted by molar-refractivity contribution is -0.147. The Morgan fingerprint density at radius 2 is 2.09 bits per heavy atom. The summed E-state index contributed by atoms with van der Waals surface area (Å²) in [7, 11) is 0. The molecule has 23 heavy (non-hydrogen) atoms. The van der Waals surface area contributed by atoms with Crippen molar-refractivity contribution >= 4 is 24.2 Å². The highest BCUT2D eigenvalue weighted by molar-refractivity contribution is 5.85. The van der Waals surface area contributed by atoms with E-state index in [1.54, 1.807) is 0 Å². The lowest BCUT2D eigenvalue weighted by Crippen LogP contribution is -2.52. The van der Waals surface area contributed by atoms with Crippen LogP contribution in [-0.2, 0) is 14.3 Å². The molecular weight excluding hydrogens is 318 g/mol. The molecule has 0 saturated carbocycles. The molecular formula is C16H30ClN3O3. The minimum absolute atomic E-state index is 0. The number of hydrogen-bond acceptors (Lipinski definition) is 4. The normalized spacial score (nSPS) is 25.4. The van der Waals surface area contributed by atoms with Crippen molar-refractivity contribution in [1.82, 2.24) is 15.5 Å². The zero-order valence-corrected chi connectivity index (χ0v) is 15.2. The molecule has 2 rings (SSSR count). The van der Waals surface area contributed by atoms with Gasteiger partial charge in [0.2, 0.25) is 5.91 Å². The fraction of sp³-hybridized carbons (Fsp3) is 0.875. The Bertz CT molecular complexity index is 406. The topological polar surface area (TPSA) is 70.7 Å². The molecule has 2 aliphatic heterocycles. The van der Waals surface area contributed by atoms with Crippen LogP contribution in [0.3, 0.4) is 0 Å². The third-order valence-electron chi connectivity index (χ3n) is 4.27. The summed E-state index contributed by atoms with van der Waals surface area (Å²) in [5.74, 6) is 0.482. The SMILES string of the molecule is CC(C)(C)C(=O)NCC1CCCN(C(=O)C2CNCCO2)C1.Cl. The number of morpholine rings is 1. The second kappa shape index (κ2) is 8.85. The number of likely N-dealkylation sites (tertiary alicyclic amines) is 1. The molecule has 7 heteroatoms. The van der Waals surface area contributed by atoms with Gasteiger partial charge in [0.1, 0.15) is 6.10 Å². The summed E-state index contributed by atoms with van der Waals surface area (Å²) in [5.41, 5.74) is -0.369. The van der Waals surface area contributed by atoms with Crippen LogP contribution >= 0.6 is 12.4 Å². The van der Waals surface area contributed by atoms with Gasteiger partial charge in [-0.15, -0.1) is 12.4 Å². The number of rotatable bonds is 3. The van der Waals surface area contributed by atoms with Crippen molar-refractivity contribution in [1.29, 1.82) is 0 Å². The minimum atomic E-state index is -0.369. The third-order valence-corrected chi connectivity index (χ3v) is 4.27. The Balaban J connectivity index is 0.00000264. The first kappa shape index (κ1) is 20.2. The number of ether oxygens (including phenoxy) is 1. The smallest absolute Gasteiger partial charge is 0.253 e. The summed E-state index contributed by atoms with van der Waals surface area (Å²) in [4.78, 5) is 26.3. The summed E-state index contributed by atoms with van der Waals surface area (Å²) < 4.78 is 5.55. The lowest BCUT2D eigenvalue weighted by atomic mass is 9.94. The van der Waals surface area contributed by atoms with Crippen LogP contribution in [0.4, 0.5) is 0 Å². The molecule has 2 unspecified atom stereocenters. The number of halogens is 1. The monoisotopic (exact) mass is 347 g/mol. The van der Waals surface area contributed by atoms with Crippen molar-refractivity contribution < 1.29 is 14.3 Å². The molecule has 2 saturated heterocycles. The quantitative estimate of drug-likeness (QED) is 0.792. The zero-order valence-electron chi connectivity index (χ0n) is 14.4. The van der Waals surface area contributed by atoms with Gasteiger partial charge in [-0.25, -0.2) is 0 Å². The van der Waals surface area contributed by atoms with Crippen molar-refractivity contribution in [2.45, 2.75) is 39.7 Å². The molecule has 0 aromatic carbocycles. The minimum Gasteiger partial charge on any atom is -0.366 e. The molecule has 2 atom stereocenters. The maximum absolute atomic E-state index is 12.5. The number of carbonyl (C=O) groups is 2. The molecule has 2 heterocycles. The van der Waals surface area contributed by atoms with E-state index in [-0.39, 0.29) is 35.7 Å². The first-order chi connectivity index (χ1) is 10.4. The van der Waals surface area contributed by atoms with Crippen LogP contribution in [0.15, 0.2) is 0 Å². The van der Waals surface area contributed by atoms with Crippen LogP contribution in [0.2, 0.25) is 0 Å². The number of carbonyl (C=O) groups excluding carboxylic acids is 2. The van der Waals surface area contributed by atoms with Gasteiger partial charge in [-0.3, -0.25) is 9.59 Å². The van der Waals surface area contributed by atoms with E-state index in [9.17, 15) is 9.59 Å². The Kier molecular flexibility index (Phi) is 7.77. The Morgan fingerprint density at radius 3 is 2.70 bits per heavy atom. The standard InChI is InChI=1S/C16H29N3O3.ClH/c1-16(2,3)15(21)18-9-12-5-4-7-19(11-12)14(20)13-10-17-6-8-22-13;/h12-13,17H,4-11H2,1-3H3,(H,18,21);1H. The Morgan fingerprint density at radius 1 is 1.35 bits per heavy atom. The molecule has 2 amide bonds. The lowest BCUT2D eigenvalue weighted by Gasteiger charge is -2.36. The fourth-order valence-electron chi connectivity index (χ4n) is 2.86. The highest BCUT2D eigenvalue weighted by atomic mass is 35.5. The number of hydrogen-bond donors (Lipinski definition) is 2. The molecule has 0 bridgehead atoms. The van der Waals surface area contributed by atoms with E-state index in [1.165, 1.54) is 0 Å². The van der Waals surface area contributed by atoms with E-state index >= 15 is 0 Å². The van der Waals surface area contributed by atoms with Crippen molar-refractivity contribution in [3.63, 3.8) is 0 Å². The van der Waals surface area contributed by atoms with E-state index in [2.05, 4.69) is 10.6 Å². The first-order valence-corrected chi connectivity index (χ1v) is 8.27. The van der Waals surface area contributed by atoms with Crippen LogP contribution in [0.25, 0.3) is 0 Å². The predicted octanol–water partition coefficient (Wildman–Crippen LogP) is 0.798. The van der Waals surface area contributed by atoms with Gasteiger partial charge in [0.25, 0.3) is 5.91 Å². The van der Waals surface area contributed by atoms with Crippen molar-refractivity contribution in [3.05, 3.63) is 0 Å². The second-order valence-electron chi connectivity index (χ2n) is 7.32. The molecule has 6 nitrogen and oxygen atoms in total. The molecule has 2 N–H and O–H groups in total. The second-order valence-corrected chi connectivity index (χ2v) is 7.32. The van der Waals surface area contributed by atoms with Gasteiger partial charge in [-0.2, -0.15) is 0 Å². The van der Waals surface area contributed by atoms with Crippen LogP contribution in [0.5, 0.6) is 0 Å². The van der Waals surface area contributed by atoms with Crippen LogP contribution in [0.1, 0.15) is 33.6 Å². The Labute approximate surface area is 145 Å². The van der Waals surface area contributed by atoms with Gasteiger partial charge in [0.15, 0.2) is 0 Å². The van der Waals surface area contributed by atoms with Gasteiger partial charge in [-0.05, 0) is 18.8 Å². The van der Waals surface area contributed by atoms with E-state index in [4.69, 9.17) is 4.74 Å². The molecule has 134 valence electrons. The number of amides is 2. The van der Waals surface area contributed by atoms with Crippen molar-refractivity contribution in [3.8, 4) is 0 Å². The summed E-state index contributed by atoms with van der Waals surface area (Å²) in [6, 6.07) is 0. The first-order valence-electron chi connectivity index (χ1n) is 8.27. The van der Waals surface area contributed by atoms with E-state index in [1.807, 2.05) is 25.7 Å². The molecule has 0 radical (unpaired) electrons. The van der Waals surface area contributed by atoms with Crippen LogP contribution < -0.4 is 10.6 Å². The predicted molar refractivity (Wildman–Crippen MR) is 91.6 cm³/mol. The summed E-state index contributed by atoms with van der Waals surface area (Å²) in [6.07, 6.45) is 1.69. The molecule has 0 aromatic rings. The maximum Gasteiger partial charge on any atom is 0.253 e. The van der Waals surface area contributed by atoms with E-state index < -0.39 is 0 Å². The van der Waals surface area contributed by atoms with Gasteiger partial charge in [0, 0.05) is 38.1 Å².